The summed E-state index contributed by atoms with van der Waals surface area (Å²) in [6.45, 7) is 4.67. The van der Waals surface area contributed by atoms with Crippen LogP contribution >= 0.6 is 11.8 Å². The third-order valence-corrected chi connectivity index (χ3v) is 3.70. The van der Waals surface area contributed by atoms with Crippen molar-refractivity contribution in [2.45, 2.75) is 12.5 Å². The molecule has 17 heavy (non-hydrogen) atoms. The Labute approximate surface area is 105 Å². The molecule has 1 unspecified atom stereocenters. The highest BCUT2D eigenvalue weighted by atomic mass is 32.2. The van der Waals surface area contributed by atoms with Crippen LogP contribution in [0, 0.1) is 0 Å². The van der Waals surface area contributed by atoms with Crippen molar-refractivity contribution in [1.82, 2.24) is 9.80 Å². The number of nitrogens with zero attached hydrogens (tertiary/aromatic N) is 2. The number of likely N-dealkylation sites (N-methyl/N-ethyl adjacent to an activating group) is 1. The maximum Gasteiger partial charge on any atom is 0.320 e. The first-order valence-electron chi connectivity index (χ1n) is 5.48. The Bertz CT molecular complexity index is 309. The van der Waals surface area contributed by atoms with Crippen molar-refractivity contribution in [1.29, 1.82) is 0 Å². The van der Waals surface area contributed by atoms with Gasteiger partial charge < -0.3 is 14.9 Å². The Balaban J connectivity index is 2.66. The van der Waals surface area contributed by atoms with E-state index < -0.39 is 5.97 Å². The molecule has 0 aromatic carbocycles. The molecule has 1 heterocycles. The van der Waals surface area contributed by atoms with Crippen molar-refractivity contribution in [3.63, 3.8) is 0 Å². The van der Waals surface area contributed by atoms with Crippen LogP contribution in [0.5, 0.6) is 0 Å². The minimum atomic E-state index is -0.860. The predicted molar refractivity (Wildman–Crippen MR) is 68.3 cm³/mol. The molecule has 0 radical (unpaired) electrons. The molecule has 2 amide bonds. The topological polar surface area (TPSA) is 60.9 Å². The number of hydrogen-bond acceptors (Lipinski definition) is 3. The quantitative estimate of drug-likeness (QED) is 0.768. The van der Waals surface area contributed by atoms with E-state index in [0.29, 0.717) is 18.8 Å². The molecule has 0 aliphatic carbocycles. The summed E-state index contributed by atoms with van der Waals surface area (Å²) >= 11 is 1.70. The molecule has 0 aromatic heterocycles. The van der Waals surface area contributed by atoms with Gasteiger partial charge in [0.1, 0.15) is 0 Å². The molecule has 1 rings (SSSR count). The van der Waals surface area contributed by atoms with Crippen LogP contribution in [0.2, 0.25) is 0 Å². The summed E-state index contributed by atoms with van der Waals surface area (Å²) in [7, 11) is 1.70. The van der Waals surface area contributed by atoms with E-state index in [1.165, 1.54) is 0 Å². The fraction of sp³-hybridized carbons (Fsp3) is 0.636. The van der Waals surface area contributed by atoms with Gasteiger partial charge in [0.2, 0.25) is 0 Å². The SMILES string of the molecule is C=CCN(C)C(=O)N1CCSCC1CC(=O)O. The number of carboxylic acid groups (broad SMARTS) is 1. The predicted octanol–water partition coefficient (Wildman–Crippen LogP) is 1.12. The zero-order valence-corrected chi connectivity index (χ0v) is 10.8. The summed E-state index contributed by atoms with van der Waals surface area (Å²) in [6, 6.07) is -0.317. The largest absolute Gasteiger partial charge is 0.481 e. The maximum atomic E-state index is 12.1. The molecule has 1 N–H and O–H groups in total. The first-order chi connectivity index (χ1) is 8.06. The number of carbonyl (C=O) groups is 2. The van der Waals surface area contributed by atoms with Crippen molar-refractivity contribution in [3.8, 4) is 0 Å². The lowest BCUT2D eigenvalue weighted by molar-refractivity contribution is -0.138. The number of hydrogen-bond donors (Lipinski definition) is 1. The molecule has 0 spiro atoms. The van der Waals surface area contributed by atoms with Gasteiger partial charge in [-0.05, 0) is 0 Å². The normalized spacial score (nSPS) is 19.8. The van der Waals surface area contributed by atoms with E-state index in [-0.39, 0.29) is 18.5 Å². The van der Waals surface area contributed by atoms with Crippen LogP contribution in [0.25, 0.3) is 0 Å². The first-order valence-corrected chi connectivity index (χ1v) is 6.64. The standard InChI is InChI=1S/C11H18N2O3S/c1-3-4-12(2)11(16)13-5-6-17-8-9(13)7-10(14)15/h3,9H,1,4-8H2,2H3,(H,14,15). The molecule has 5 nitrogen and oxygen atoms in total. The van der Waals surface area contributed by atoms with Gasteiger partial charge >= 0.3 is 12.0 Å². The van der Waals surface area contributed by atoms with E-state index in [1.807, 2.05) is 0 Å². The van der Waals surface area contributed by atoms with E-state index in [4.69, 9.17) is 5.11 Å². The summed E-state index contributed by atoms with van der Waals surface area (Å²) in [5.41, 5.74) is 0. The second-order valence-corrected chi connectivity index (χ2v) is 5.12. The summed E-state index contributed by atoms with van der Waals surface area (Å²) in [5, 5.41) is 8.83. The monoisotopic (exact) mass is 258 g/mol. The van der Waals surface area contributed by atoms with Crippen LogP contribution in [-0.2, 0) is 4.79 Å². The Morgan fingerprint density at radius 2 is 2.35 bits per heavy atom. The second kappa shape index (κ2) is 6.54. The highest BCUT2D eigenvalue weighted by molar-refractivity contribution is 7.99. The summed E-state index contributed by atoms with van der Waals surface area (Å²) in [4.78, 5) is 26.1. The van der Waals surface area contributed by atoms with E-state index in [0.717, 1.165) is 5.75 Å². The van der Waals surface area contributed by atoms with Gasteiger partial charge in [0, 0.05) is 31.6 Å². The van der Waals surface area contributed by atoms with E-state index in [9.17, 15) is 9.59 Å². The van der Waals surface area contributed by atoms with Crippen LogP contribution in [0.15, 0.2) is 12.7 Å². The highest BCUT2D eigenvalue weighted by Gasteiger charge is 2.30. The van der Waals surface area contributed by atoms with Crippen molar-refractivity contribution in [2.24, 2.45) is 0 Å². The van der Waals surface area contributed by atoms with E-state index in [1.54, 1.807) is 34.7 Å². The number of thioether (sulfide) groups is 1. The number of carbonyl (C=O) groups excluding carboxylic acids is 1. The van der Waals surface area contributed by atoms with Gasteiger partial charge in [0.05, 0.1) is 12.5 Å². The molecular formula is C11H18N2O3S. The Kier molecular flexibility index (Phi) is 5.34. The second-order valence-electron chi connectivity index (χ2n) is 3.97. The fourth-order valence-corrected chi connectivity index (χ4v) is 2.83. The smallest absolute Gasteiger partial charge is 0.320 e. The molecule has 1 fully saturated rings. The Morgan fingerprint density at radius 3 is 2.94 bits per heavy atom. The first kappa shape index (κ1) is 13.9. The fourth-order valence-electron chi connectivity index (χ4n) is 1.77. The number of aliphatic carboxylic acids is 1. The van der Waals surface area contributed by atoms with Crippen molar-refractivity contribution in [3.05, 3.63) is 12.7 Å². The lowest BCUT2D eigenvalue weighted by atomic mass is 10.2. The Morgan fingerprint density at radius 1 is 1.65 bits per heavy atom. The molecule has 0 bridgehead atoms. The molecule has 1 atom stereocenters. The molecule has 0 saturated carbocycles. The third kappa shape index (κ3) is 3.96. The molecular weight excluding hydrogens is 240 g/mol. The van der Waals surface area contributed by atoms with Gasteiger partial charge in [-0.3, -0.25) is 4.79 Å². The number of amides is 2. The number of urea groups is 1. The van der Waals surface area contributed by atoms with Gasteiger partial charge in [-0.15, -0.1) is 6.58 Å². The van der Waals surface area contributed by atoms with Crippen molar-refractivity contribution >= 4 is 23.8 Å². The van der Waals surface area contributed by atoms with Crippen molar-refractivity contribution < 1.29 is 14.7 Å². The summed E-state index contributed by atoms with van der Waals surface area (Å²) in [6.07, 6.45) is 1.67. The van der Waals surface area contributed by atoms with Gasteiger partial charge in [-0.25, -0.2) is 4.79 Å². The average molecular weight is 258 g/mol. The minimum absolute atomic E-state index is 0.0146. The zero-order chi connectivity index (χ0) is 12.8. The van der Waals surface area contributed by atoms with Gasteiger partial charge in [-0.1, -0.05) is 6.08 Å². The van der Waals surface area contributed by atoms with Crippen LogP contribution in [0.3, 0.4) is 0 Å². The highest BCUT2D eigenvalue weighted by Crippen LogP contribution is 2.20. The number of rotatable bonds is 4. The van der Waals surface area contributed by atoms with E-state index >= 15 is 0 Å². The van der Waals surface area contributed by atoms with Gasteiger partial charge in [0.15, 0.2) is 0 Å². The lowest BCUT2D eigenvalue weighted by Crippen LogP contribution is -2.51. The maximum absolute atomic E-state index is 12.1. The van der Waals surface area contributed by atoms with Crippen LogP contribution in [-0.4, -0.2) is 64.6 Å². The van der Waals surface area contributed by atoms with Crippen LogP contribution in [0.1, 0.15) is 6.42 Å². The summed E-state index contributed by atoms with van der Waals surface area (Å²) < 4.78 is 0. The molecule has 6 heteroatoms. The average Bonchev–Trinajstić information content (AvgIpc) is 2.28. The molecule has 96 valence electrons. The van der Waals surface area contributed by atoms with Crippen LogP contribution < -0.4 is 0 Å². The summed E-state index contributed by atoms with van der Waals surface area (Å²) in [5.74, 6) is 0.700. The van der Waals surface area contributed by atoms with Gasteiger partial charge in [-0.2, -0.15) is 11.8 Å². The van der Waals surface area contributed by atoms with E-state index in [2.05, 4.69) is 6.58 Å². The Hall–Kier alpha value is -1.17. The zero-order valence-electron chi connectivity index (χ0n) is 9.96. The molecule has 1 saturated heterocycles. The van der Waals surface area contributed by atoms with Crippen LogP contribution in [0.4, 0.5) is 4.79 Å². The molecule has 0 aromatic rings. The third-order valence-electron chi connectivity index (χ3n) is 2.61. The minimum Gasteiger partial charge on any atom is -0.481 e. The lowest BCUT2D eigenvalue weighted by Gasteiger charge is -2.36. The number of carboxylic acids is 1. The molecule has 1 aliphatic rings. The van der Waals surface area contributed by atoms with Gasteiger partial charge in [0.25, 0.3) is 0 Å². The van der Waals surface area contributed by atoms with Crippen molar-refractivity contribution in [2.75, 3.05) is 31.6 Å². The molecule has 1 aliphatic heterocycles.